The molecule has 0 aliphatic rings. The van der Waals surface area contributed by atoms with Crippen LogP contribution in [0.2, 0.25) is 0 Å². The number of amides is 2. The molecular weight excluding hydrogens is 392 g/mol. The molecule has 0 unspecified atom stereocenters. The second kappa shape index (κ2) is 12.1. The highest BCUT2D eigenvalue weighted by Crippen LogP contribution is 2.11. The van der Waals surface area contributed by atoms with Gasteiger partial charge in [-0.3, -0.25) is 9.59 Å². The number of hydrogen-bond donors (Lipinski definition) is 2. The summed E-state index contributed by atoms with van der Waals surface area (Å²) in [6.07, 6.45) is 4.01. The van der Waals surface area contributed by atoms with E-state index in [0.717, 1.165) is 22.5 Å². The first-order valence-electron chi connectivity index (χ1n) is 10.0. The van der Waals surface area contributed by atoms with Crippen molar-refractivity contribution in [2.24, 2.45) is 10.2 Å². The summed E-state index contributed by atoms with van der Waals surface area (Å²) in [6, 6.07) is 15.6. The molecule has 0 fully saturated rings. The summed E-state index contributed by atoms with van der Waals surface area (Å²) in [5.41, 5.74) is 8.90. The van der Waals surface area contributed by atoms with Crippen molar-refractivity contribution in [1.82, 2.24) is 10.9 Å². The van der Waals surface area contributed by atoms with Crippen LogP contribution in [0.15, 0.2) is 58.7 Å². The Kier molecular flexibility index (Phi) is 9.22. The minimum Gasteiger partial charge on any atom is -0.378 e. The van der Waals surface area contributed by atoms with E-state index in [4.69, 9.17) is 0 Å². The van der Waals surface area contributed by atoms with E-state index in [1.165, 1.54) is 0 Å². The third kappa shape index (κ3) is 8.69. The monoisotopic (exact) mass is 422 g/mol. The van der Waals surface area contributed by atoms with Gasteiger partial charge in [0.25, 0.3) is 0 Å². The fraction of sp³-hybridized carbons (Fsp3) is 0.304. The molecule has 8 heteroatoms. The number of carbonyl (C=O) groups is 2. The van der Waals surface area contributed by atoms with E-state index in [1.807, 2.05) is 86.5 Å². The van der Waals surface area contributed by atoms with Crippen LogP contribution in [0.4, 0.5) is 11.4 Å². The van der Waals surface area contributed by atoms with Gasteiger partial charge < -0.3 is 9.80 Å². The Balaban J connectivity index is 1.64. The van der Waals surface area contributed by atoms with E-state index < -0.39 is 0 Å². The summed E-state index contributed by atoms with van der Waals surface area (Å²) in [5, 5.41) is 7.90. The summed E-state index contributed by atoms with van der Waals surface area (Å²) >= 11 is 0. The zero-order valence-corrected chi connectivity index (χ0v) is 18.5. The van der Waals surface area contributed by atoms with Gasteiger partial charge in [-0.15, -0.1) is 0 Å². The van der Waals surface area contributed by atoms with Crippen LogP contribution in [0.5, 0.6) is 0 Å². The number of rotatable bonds is 10. The van der Waals surface area contributed by atoms with Crippen molar-refractivity contribution in [2.75, 3.05) is 38.0 Å². The molecule has 0 saturated carbocycles. The Morgan fingerprint density at radius 2 is 1.06 bits per heavy atom. The number of nitrogens with zero attached hydrogens (tertiary/aromatic N) is 4. The second-order valence-electron chi connectivity index (χ2n) is 7.41. The Hall–Kier alpha value is -3.68. The first-order valence-corrected chi connectivity index (χ1v) is 10.0. The molecule has 0 atom stereocenters. The van der Waals surface area contributed by atoms with Gasteiger partial charge in [-0.2, -0.15) is 10.2 Å². The van der Waals surface area contributed by atoms with Crippen molar-refractivity contribution in [3.63, 3.8) is 0 Å². The van der Waals surface area contributed by atoms with E-state index >= 15 is 0 Å². The fourth-order valence-electron chi connectivity index (χ4n) is 2.60. The minimum absolute atomic E-state index is 0.208. The smallest absolute Gasteiger partial charge is 0.240 e. The largest absolute Gasteiger partial charge is 0.378 e. The lowest BCUT2D eigenvalue weighted by Crippen LogP contribution is -2.20. The molecule has 0 spiro atoms. The minimum atomic E-state index is -0.238. The van der Waals surface area contributed by atoms with Crippen molar-refractivity contribution >= 4 is 35.6 Å². The van der Waals surface area contributed by atoms with Crippen LogP contribution in [0.1, 0.15) is 30.4 Å². The molecule has 0 heterocycles. The predicted octanol–water partition coefficient (Wildman–Crippen LogP) is 2.59. The summed E-state index contributed by atoms with van der Waals surface area (Å²) in [6.45, 7) is 0. The second-order valence-corrected chi connectivity index (χ2v) is 7.41. The third-order valence-corrected chi connectivity index (χ3v) is 4.43. The molecule has 2 rings (SSSR count). The van der Waals surface area contributed by atoms with Crippen LogP contribution in [0.3, 0.4) is 0 Å². The van der Waals surface area contributed by atoms with Crippen molar-refractivity contribution in [3.05, 3.63) is 59.7 Å². The normalized spacial score (nSPS) is 11.0. The molecule has 0 bridgehead atoms. The van der Waals surface area contributed by atoms with E-state index in [0.29, 0.717) is 6.42 Å². The van der Waals surface area contributed by atoms with Crippen LogP contribution >= 0.6 is 0 Å². The third-order valence-electron chi connectivity index (χ3n) is 4.43. The summed E-state index contributed by atoms with van der Waals surface area (Å²) in [5.74, 6) is -0.475. The Morgan fingerprint density at radius 3 is 1.39 bits per heavy atom. The first-order chi connectivity index (χ1) is 14.8. The lowest BCUT2D eigenvalue weighted by atomic mass is 10.2. The van der Waals surface area contributed by atoms with E-state index in [2.05, 4.69) is 21.1 Å². The predicted molar refractivity (Wildman–Crippen MR) is 127 cm³/mol. The molecule has 2 N–H and O–H groups in total. The Labute approximate surface area is 183 Å². The van der Waals surface area contributed by atoms with Crippen LogP contribution in [-0.4, -0.2) is 52.4 Å². The molecule has 2 amide bonds. The first kappa shape index (κ1) is 23.6. The zero-order valence-electron chi connectivity index (χ0n) is 18.5. The van der Waals surface area contributed by atoms with Crippen LogP contribution in [0.25, 0.3) is 0 Å². The molecule has 0 saturated heterocycles. The van der Waals surface area contributed by atoms with Gasteiger partial charge in [-0.05, 0) is 41.8 Å². The molecular formula is C23H30N6O2. The lowest BCUT2D eigenvalue weighted by Gasteiger charge is -2.11. The molecule has 2 aromatic rings. The standard InChI is InChI=1S/C23H30N6O2/c1-28(2)20-12-8-18(9-13-20)16-24-26-22(30)6-5-7-23(31)27-25-17-19-10-14-21(15-11-19)29(3)4/h8-17H,5-7H2,1-4H3,(H,26,30)(H,27,31). The lowest BCUT2D eigenvalue weighted by molar-refractivity contribution is -0.122. The molecule has 2 aromatic carbocycles. The van der Waals surface area contributed by atoms with Gasteiger partial charge in [0.2, 0.25) is 11.8 Å². The van der Waals surface area contributed by atoms with Gasteiger partial charge >= 0.3 is 0 Å². The number of anilines is 2. The molecule has 0 radical (unpaired) electrons. The maximum absolute atomic E-state index is 11.8. The van der Waals surface area contributed by atoms with Gasteiger partial charge in [0, 0.05) is 52.4 Å². The van der Waals surface area contributed by atoms with Gasteiger partial charge in [-0.1, -0.05) is 24.3 Å². The highest BCUT2D eigenvalue weighted by molar-refractivity contribution is 5.84. The number of carbonyl (C=O) groups excluding carboxylic acids is 2. The highest BCUT2D eigenvalue weighted by atomic mass is 16.2. The van der Waals surface area contributed by atoms with E-state index in [1.54, 1.807) is 12.4 Å². The zero-order chi connectivity index (χ0) is 22.6. The van der Waals surface area contributed by atoms with Crippen LogP contribution in [0, 0.1) is 0 Å². The van der Waals surface area contributed by atoms with E-state index in [-0.39, 0.29) is 24.7 Å². The Bertz CT molecular complexity index is 827. The summed E-state index contributed by atoms with van der Waals surface area (Å²) < 4.78 is 0. The average Bonchev–Trinajstić information content (AvgIpc) is 2.74. The van der Waals surface area contributed by atoms with Gasteiger partial charge in [0.15, 0.2) is 0 Å². The average molecular weight is 423 g/mol. The van der Waals surface area contributed by atoms with Gasteiger partial charge in [0.1, 0.15) is 0 Å². The van der Waals surface area contributed by atoms with Crippen molar-refractivity contribution in [3.8, 4) is 0 Å². The number of hydrazone groups is 2. The molecule has 0 aromatic heterocycles. The van der Waals surface area contributed by atoms with Gasteiger partial charge in [-0.25, -0.2) is 10.9 Å². The number of benzene rings is 2. The highest BCUT2D eigenvalue weighted by Gasteiger charge is 2.04. The number of nitrogens with one attached hydrogen (secondary N) is 2. The molecule has 31 heavy (non-hydrogen) atoms. The van der Waals surface area contributed by atoms with Crippen LogP contribution in [-0.2, 0) is 9.59 Å². The van der Waals surface area contributed by atoms with Crippen molar-refractivity contribution in [2.45, 2.75) is 19.3 Å². The maximum Gasteiger partial charge on any atom is 0.240 e. The van der Waals surface area contributed by atoms with Gasteiger partial charge in [0.05, 0.1) is 12.4 Å². The molecule has 0 aliphatic heterocycles. The fourth-order valence-corrected chi connectivity index (χ4v) is 2.60. The summed E-state index contributed by atoms with van der Waals surface area (Å²) in [4.78, 5) is 27.7. The van der Waals surface area contributed by atoms with Crippen LogP contribution < -0.4 is 20.7 Å². The maximum atomic E-state index is 11.8. The summed E-state index contributed by atoms with van der Waals surface area (Å²) in [7, 11) is 7.89. The number of hydrogen-bond acceptors (Lipinski definition) is 6. The van der Waals surface area contributed by atoms with E-state index in [9.17, 15) is 9.59 Å². The quantitative estimate of drug-likeness (QED) is 0.455. The molecule has 164 valence electrons. The SMILES string of the molecule is CN(C)c1ccc(C=NNC(=O)CCCC(=O)NN=Cc2ccc(N(C)C)cc2)cc1. The molecule has 0 aliphatic carbocycles. The Morgan fingerprint density at radius 1 is 0.710 bits per heavy atom. The molecule has 8 nitrogen and oxygen atoms in total. The van der Waals surface area contributed by atoms with Crippen molar-refractivity contribution < 1.29 is 9.59 Å². The van der Waals surface area contributed by atoms with Crippen molar-refractivity contribution in [1.29, 1.82) is 0 Å². The topological polar surface area (TPSA) is 89.4 Å².